The van der Waals surface area contributed by atoms with Crippen LogP contribution in [0.15, 0.2) is 83.7 Å². The van der Waals surface area contributed by atoms with Crippen LogP contribution in [-0.4, -0.2) is 15.5 Å². The Morgan fingerprint density at radius 2 is 1.67 bits per heavy atom. The molecule has 6 nitrogen and oxygen atoms in total. The minimum Gasteiger partial charge on any atom is -0.489 e. The summed E-state index contributed by atoms with van der Waals surface area (Å²) in [4.78, 5) is 29.6. The second-order valence-corrected chi connectivity index (χ2v) is 7.02. The van der Waals surface area contributed by atoms with Gasteiger partial charge in [0.2, 0.25) is 5.91 Å². The molecule has 0 radical (unpaired) electrons. The van der Waals surface area contributed by atoms with Gasteiger partial charge in [0.15, 0.2) is 0 Å². The minimum absolute atomic E-state index is 0.248. The van der Waals surface area contributed by atoms with Crippen molar-refractivity contribution < 1.29 is 9.53 Å². The number of fused-ring (bicyclic) bond motifs is 1. The van der Waals surface area contributed by atoms with Gasteiger partial charge in [-0.2, -0.15) is 0 Å². The predicted octanol–water partition coefficient (Wildman–Crippen LogP) is 3.55. The SMILES string of the molecule is CC(C(N)=O)c1nc2ccccc2c(=O)n1-c1ccc(OCc2ccccc2)cc1. The highest BCUT2D eigenvalue weighted by Gasteiger charge is 2.21. The van der Waals surface area contributed by atoms with E-state index >= 15 is 0 Å². The Morgan fingerprint density at radius 3 is 2.37 bits per heavy atom. The molecule has 6 heteroatoms. The summed E-state index contributed by atoms with van der Waals surface area (Å²) in [7, 11) is 0. The lowest BCUT2D eigenvalue weighted by Gasteiger charge is -2.17. The zero-order chi connectivity index (χ0) is 21.1. The lowest BCUT2D eigenvalue weighted by atomic mass is 10.1. The van der Waals surface area contributed by atoms with Crippen LogP contribution in [0.5, 0.6) is 5.75 Å². The van der Waals surface area contributed by atoms with E-state index in [-0.39, 0.29) is 5.56 Å². The second-order valence-electron chi connectivity index (χ2n) is 7.02. The molecule has 0 saturated carbocycles. The number of hydrogen-bond acceptors (Lipinski definition) is 4. The normalized spacial score (nSPS) is 11.9. The van der Waals surface area contributed by atoms with Crippen molar-refractivity contribution >= 4 is 16.8 Å². The van der Waals surface area contributed by atoms with Crippen LogP contribution in [-0.2, 0) is 11.4 Å². The van der Waals surface area contributed by atoms with Gasteiger partial charge in [0.1, 0.15) is 18.2 Å². The van der Waals surface area contributed by atoms with Crippen molar-refractivity contribution in [1.29, 1.82) is 0 Å². The number of aromatic nitrogens is 2. The number of carbonyl (C=O) groups is 1. The standard InChI is InChI=1S/C24H21N3O3/c1-16(22(25)28)23-26-21-10-6-5-9-20(21)24(29)27(23)18-11-13-19(14-12-18)30-15-17-7-3-2-4-8-17/h2-14,16H,15H2,1H3,(H2,25,28). The second kappa shape index (κ2) is 8.21. The van der Waals surface area contributed by atoms with Crippen LogP contribution in [0.1, 0.15) is 24.2 Å². The fourth-order valence-corrected chi connectivity index (χ4v) is 3.25. The van der Waals surface area contributed by atoms with E-state index in [0.717, 1.165) is 5.56 Å². The Labute approximate surface area is 173 Å². The van der Waals surface area contributed by atoms with Crippen LogP contribution in [0.3, 0.4) is 0 Å². The third-order valence-electron chi connectivity index (χ3n) is 4.96. The molecule has 4 rings (SSSR count). The van der Waals surface area contributed by atoms with Gasteiger partial charge in [-0.25, -0.2) is 4.98 Å². The molecule has 1 atom stereocenters. The Hall–Kier alpha value is -3.93. The van der Waals surface area contributed by atoms with E-state index in [1.165, 1.54) is 4.57 Å². The molecule has 2 N–H and O–H groups in total. The summed E-state index contributed by atoms with van der Waals surface area (Å²) in [6, 6.07) is 24.0. The molecule has 0 aliphatic heterocycles. The van der Waals surface area contributed by atoms with Gasteiger partial charge in [0.25, 0.3) is 5.56 Å². The van der Waals surface area contributed by atoms with Crippen molar-refractivity contribution in [3.05, 3.63) is 101 Å². The lowest BCUT2D eigenvalue weighted by Crippen LogP contribution is -2.29. The van der Waals surface area contributed by atoms with Crippen molar-refractivity contribution in [2.24, 2.45) is 5.73 Å². The number of nitrogens with zero attached hydrogens (tertiary/aromatic N) is 2. The Balaban J connectivity index is 1.73. The van der Waals surface area contributed by atoms with Gasteiger partial charge in [-0.05, 0) is 48.9 Å². The number of ether oxygens (including phenoxy) is 1. The molecule has 3 aromatic carbocycles. The van der Waals surface area contributed by atoms with Crippen LogP contribution in [0.25, 0.3) is 16.6 Å². The first kappa shape index (κ1) is 19.4. The molecule has 0 bridgehead atoms. The molecule has 0 aliphatic carbocycles. The van der Waals surface area contributed by atoms with E-state index < -0.39 is 11.8 Å². The number of rotatable bonds is 6. The van der Waals surface area contributed by atoms with Gasteiger partial charge in [0, 0.05) is 0 Å². The summed E-state index contributed by atoms with van der Waals surface area (Å²) in [5.41, 5.74) is 7.45. The molecule has 0 aliphatic rings. The number of carbonyl (C=O) groups excluding carboxylic acids is 1. The van der Waals surface area contributed by atoms with E-state index in [2.05, 4.69) is 4.98 Å². The first-order valence-corrected chi connectivity index (χ1v) is 9.63. The molecule has 1 unspecified atom stereocenters. The van der Waals surface area contributed by atoms with E-state index in [9.17, 15) is 9.59 Å². The largest absolute Gasteiger partial charge is 0.489 e. The van der Waals surface area contributed by atoms with E-state index in [1.54, 1.807) is 55.5 Å². The highest BCUT2D eigenvalue weighted by atomic mass is 16.5. The predicted molar refractivity (Wildman–Crippen MR) is 116 cm³/mol. The van der Waals surface area contributed by atoms with Crippen molar-refractivity contribution in [3.63, 3.8) is 0 Å². The molecule has 1 amide bonds. The molecule has 150 valence electrons. The zero-order valence-electron chi connectivity index (χ0n) is 16.5. The van der Waals surface area contributed by atoms with Crippen molar-refractivity contribution in [1.82, 2.24) is 9.55 Å². The molecule has 30 heavy (non-hydrogen) atoms. The maximum atomic E-state index is 13.2. The van der Waals surface area contributed by atoms with Crippen molar-refractivity contribution in [3.8, 4) is 11.4 Å². The quantitative estimate of drug-likeness (QED) is 0.537. The fourth-order valence-electron chi connectivity index (χ4n) is 3.25. The molecule has 0 spiro atoms. The Bertz CT molecular complexity index is 1250. The Morgan fingerprint density at radius 1 is 1.00 bits per heavy atom. The number of para-hydroxylation sites is 1. The van der Waals surface area contributed by atoms with Crippen LogP contribution in [0.4, 0.5) is 0 Å². The molecule has 1 heterocycles. The number of hydrogen-bond donors (Lipinski definition) is 1. The first-order chi connectivity index (χ1) is 14.5. The van der Waals surface area contributed by atoms with E-state index in [4.69, 9.17) is 10.5 Å². The van der Waals surface area contributed by atoms with Crippen molar-refractivity contribution in [2.45, 2.75) is 19.4 Å². The van der Waals surface area contributed by atoms with Crippen molar-refractivity contribution in [2.75, 3.05) is 0 Å². The number of primary amides is 1. The van der Waals surface area contributed by atoms with Gasteiger partial charge >= 0.3 is 0 Å². The summed E-state index contributed by atoms with van der Waals surface area (Å²) >= 11 is 0. The Kier molecular flexibility index (Phi) is 5.30. The highest BCUT2D eigenvalue weighted by molar-refractivity contribution is 5.83. The topological polar surface area (TPSA) is 87.2 Å². The monoisotopic (exact) mass is 399 g/mol. The maximum Gasteiger partial charge on any atom is 0.265 e. The fraction of sp³-hybridized carbons (Fsp3) is 0.125. The van der Waals surface area contributed by atoms with Crippen LogP contribution < -0.4 is 16.0 Å². The van der Waals surface area contributed by atoms with E-state index in [0.29, 0.717) is 34.8 Å². The first-order valence-electron chi connectivity index (χ1n) is 9.63. The number of benzene rings is 3. The van der Waals surface area contributed by atoms with Gasteiger partial charge < -0.3 is 10.5 Å². The average molecular weight is 399 g/mol. The number of amides is 1. The van der Waals surface area contributed by atoms with Crippen LogP contribution in [0.2, 0.25) is 0 Å². The summed E-state index contributed by atoms with van der Waals surface area (Å²) in [6.07, 6.45) is 0. The summed E-state index contributed by atoms with van der Waals surface area (Å²) < 4.78 is 7.27. The molecule has 0 fully saturated rings. The average Bonchev–Trinajstić information content (AvgIpc) is 2.78. The van der Waals surface area contributed by atoms with Crippen LogP contribution in [0, 0.1) is 0 Å². The highest BCUT2D eigenvalue weighted by Crippen LogP contribution is 2.21. The van der Waals surface area contributed by atoms with Gasteiger partial charge in [-0.3, -0.25) is 14.2 Å². The minimum atomic E-state index is -0.726. The summed E-state index contributed by atoms with van der Waals surface area (Å²) in [5.74, 6) is -0.289. The van der Waals surface area contributed by atoms with E-state index in [1.807, 2.05) is 30.3 Å². The molecule has 0 saturated heterocycles. The molecule has 1 aromatic heterocycles. The smallest absolute Gasteiger partial charge is 0.265 e. The summed E-state index contributed by atoms with van der Waals surface area (Å²) in [5, 5.41) is 0.474. The molecule has 4 aromatic rings. The molecular formula is C24H21N3O3. The van der Waals surface area contributed by atoms with Gasteiger partial charge in [-0.1, -0.05) is 42.5 Å². The zero-order valence-corrected chi connectivity index (χ0v) is 16.5. The maximum absolute atomic E-state index is 13.2. The molecular weight excluding hydrogens is 378 g/mol. The van der Waals surface area contributed by atoms with Crippen LogP contribution >= 0.6 is 0 Å². The third kappa shape index (κ3) is 3.80. The summed E-state index contributed by atoms with van der Waals surface area (Å²) in [6.45, 7) is 2.09. The van der Waals surface area contributed by atoms with Gasteiger partial charge in [0.05, 0.1) is 22.5 Å². The third-order valence-corrected chi connectivity index (χ3v) is 4.96. The van der Waals surface area contributed by atoms with Gasteiger partial charge in [-0.15, -0.1) is 0 Å². The number of nitrogens with two attached hydrogens (primary N) is 1. The lowest BCUT2D eigenvalue weighted by molar-refractivity contribution is -0.119.